The van der Waals surface area contributed by atoms with Gasteiger partial charge >= 0.3 is 0 Å². The SMILES string of the molecule is O=C(Cc1ccccc1)NCc1ccoc1. The molecule has 3 nitrogen and oxygen atoms in total. The van der Waals surface area contributed by atoms with Crippen LogP contribution < -0.4 is 5.32 Å². The maximum Gasteiger partial charge on any atom is 0.224 e. The Morgan fingerprint density at radius 1 is 1.12 bits per heavy atom. The predicted octanol–water partition coefficient (Wildman–Crippen LogP) is 2.14. The van der Waals surface area contributed by atoms with Gasteiger partial charge in [0.2, 0.25) is 5.91 Å². The molecule has 0 fully saturated rings. The largest absolute Gasteiger partial charge is 0.472 e. The van der Waals surface area contributed by atoms with Gasteiger partial charge in [-0.15, -0.1) is 0 Å². The second-order valence-electron chi connectivity index (χ2n) is 3.57. The van der Waals surface area contributed by atoms with Crippen molar-refractivity contribution in [3.8, 4) is 0 Å². The summed E-state index contributed by atoms with van der Waals surface area (Å²) in [6.45, 7) is 0.516. The highest BCUT2D eigenvalue weighted by Crippen LogP contribution is 2.01. The van der Waals surface area contributed by atoms with Crippen molar-refractivity contribution < 1.29 is 9.21 Å². The number of hydrogen-bond acceptors (Lipinski definition) is 2. The first kappa shape index (κ1) is 10.5. The first-order chi connectivity index (χ1) is 7.84. The molecule has 0 unspecified atom stereocenters. The summed E-state index contributed by atoms with van der Waals surface area (Å²) in [5, 5.41) is 2.83. The maximum absolute atomic E-state index is 11.6. The molecule has 0 radical (unpaired) electrons. The van der Waals surface area contributed by atoms with Crippen LogP contribution in [0.1, 0.15) is 11.1 Å². The molecule has 1 aromatic heterocycles. The zero-order chi connectivity index (χ0) is 11.2. The molecule has 1 heterocycles. The molecule has 0 aliphatic heterocycles. The van der Waals surface area contributed by atoms with Crippen molar-refractivity contribution >= 4 is 5.91 Å². The standard InChI is InChI=1S/C13H13NO2/c15-13(8-11-4-2-1-3-5-11)14-9-12-6-7-16-10-12/h1-7,10H,8-9H2,(H,14,15). The lowest BCUT2D eigenvalue weighted by atomic mass is 10.1. The van der Waals surface area contributed by atoms with Crippen LogP contribution in [0.3, 0.4) is 0 Å². The molecule has 1 aromatic carbocycles. The van der Waals surface area contributed by atoms with E-state index in [0.29, 0.717) is 13.0 Å². The lowest BCUT2D eigenvalue weighted by molar-refractivity contribution is -0.120. The molecule has 82 valence electrons. The number of nitrogens with one attached hydrogen (secondary N) is 1. The molecule has 16 heavy (non-hydrogen) atoms. The number of furan rings is 1. The van der Waals surface area contributed by atoms with Crippen LogP contribution in [-0.4, -0.2) is 5.91 Å². The number of carbonyl (C=O) groups is 1. The average molecular weight is 215 g/mol. The van der Waals surface area contributed by atoms with E-state index in [9.17, 15) is 4.79 Å². The van der Waals surface area contributed by atoms with Gasteiger partial charge in [-0.3, -0.25) is 4.79 Å². The van der Waals surface area contributed by atoms with E-state index in [0.717, 1.165) is 11.1 Å². The van der Waals surface area contributed by atoms with Crippen LogP contribution in [0.5, 0.6) is 0 Å². The Bertz CT molecular complexity index is 434. The van der Waals surface area contributed by atoms with Crippen molar-refractivity contribution in [3.63, 3.8) is 0 Å². The molecule has 0 saturated heterocycles. The Hall–Kier alpha value is -2.03. The van der Waals surface area contributed by atoms with Crippen molar-refractivity contribution in [3.05, 3.63) is 60.1 Å². The molecule has 0 saturated carbocycles. The van der Waals surface area contributed by atoms with E-state index in [2.05, 4.69) is 5.32 Å². The Morgan fingerprint density at radius 2 is 1.94 bits per heavy atom. The minimum Gasteiger partial charge on any atom is -0.472 e. The molecule has 0 bridgehead atoms. The topological polar surface area (TPSA) is 42.2 Å². The zero-order valence-electron chi connectivity index (χ0n) is 8.85. The van der Waals surface area contributed by atoms with Crippen LogP contribution in [-0.2, 0) is 17.8 Å². The minimum absolute atomic E-state index is 0.0207. The summed E-state index contributed by atoms with van der Waals surface area (Å²) in [4.78, 5) is 11.6. The fourth-order valence-electron chi connectivity index (χ4n) is 1.44. The Morgan fingerprint density at radius 3 is 2.62 bits per heavy atom. The molecule has 2 rings (SSSR count). The van der Waals surface area contributed by atoms with Crippen molar-refractivity contribution in [2.45, 2.75) is 13.0 Å². The van der Waals surface area contributed by atoms with Crippen molar-refractivity contribution in [2.24, 2.45) is 0 Å². The molecular formula is C13H13NO2. The monoisotopic (exact) mass is 215 g/mol. The minimum atomic E-state index is 0.0207. The van der Waals surface area contributed by atoms with Gasteiger partial charge in [-0.1, -0.05) is 30.3 Å². The van der Waals surface area contributed by atoms with E-state index in [1.807, 2.05) is 36.4 Å². The third-order valence-corrected chi connectivity index (χ3v) is 2.28. The van der Waals surface area contributed by atoms with E-state index in [4.69, 9.17) is 4.42 Å². The van der Waals surface area contributed by atoms with Gasteiger partial charge < -0.3 is 9.73 Å². The van der Waals surface area contributed by atoms with E-state index in [1.165, 1.54) is 0 Å². The lowest BCUT2D eigenvalue weighted by Crippen LogP contribution is -2.24. The van der Waals surface area contributed by atoms with Gasteiger partial charge in [0.15, 0.2) is 0 Å². The fraction of sp³-hybridized carbons (Fsp3) is 0.154. The number of rotatable bonds is 4. The molecule has 0 aliphatic carbocycles. The third-order valence-electron chi connectivity index (χ3n) is 2.28. The summed E-state index contributed by atoms with van der Waals surface area (Å²) in [5.74, 6) is 0.0207. The number of hydrogen-bond donors (Lipinski definition) is 1. The van der Waals surface area contributed by atoms with Gasteiger partial charge in [-0.05, 0) is 11.6 Å². The van der Waals surface area contributed by atoms with E-state index in [-0.39, 0.29) is 5.91 Å². The predicted molar refractivity (Wildman–Crippen MR) is 60.7 cm³/mol. The van der Waals surface area contributed by atoms with Gasteiger partial charge in [0.05, 0.1) is 18.9 Å². The molecule has 2 aromatic rings. The number of benzene rings is 1. The van der Waals surface area contributed by atoms with Gasteiger partial charge in [-0.2, -0.15) is 0 Å². The summed E-state index contributed by atoms with van der Waals surface area (Å²) in [5.41, 5.74) is 1.99. The van der Waals surface area contributed by atoms with Crippen molar-refractivity contribution in [1.82, 2.24) is 5.32 Å². The van der Waals surface area contributed by atoms with Gasteiger partial charge in [0, 0.05) is 12.1 Å². The summed E-state index contributed by atoms with van der Waals surface area (Å²) < 4.78 is 4.91. The molecule has 1 amide bonds. The fourth-order valence-corrected chi connectivity index (χ4v) is 1.44. The molecule has 0 aliphatic rings. The van der Waals surface area contributed by atoms with E-state index >= 15 is 0 Å². The van der Waals surface area contributed by atoms with Crippen molar-refractivity contribution in [1.29, 1.82) is 0 Å². The molecule has 3 heteroatoms. The van der Waals surface area contributed by atoms with Gasteiger partial charge in [0.1, 0.15) is 0 Å². The zero-order valence-corrected chi connectivity index (χ0v) is 8.85. The van der Waals surface area contributed by atoms with Crippen LogP contribution in [0.25, 0.3) is 0 Å². The summed E-state index contributed by atoms with van der Waals surface area (Å²) in [7, 11) is 0. The van der Waals surface area contributed by atoms with Crippen LogP contribution >= 0.6 is 0 Å². The van der Waals surface area contributed by atoms with Gasteiger partial charge in [0.25, 0.3) is 0 Å². The van der Waals surface area contributed by atoms with E-state index < -0.39 is 0 Å². The first-order valence-corrected chi connectivity index (χ1v) is 5.16. The number of amides is 1. The smallest absolute Gasteiger partial charge is 0.224 e. The quantitative estimate of drug-likeness (QED) is 0.849. The maximum atomic E-state index is 11.6. The number of carbonyl (C=O) groups excluding carboxylic acids is 1. The van der Waals surface area contributed by atoms with Crippen LogP contribution in [0.15, 0.2) is 53.3 Å². The van der Waals surface area contributed by atoms with Crippen LogP contribution in [0.4, 0.5) is 0 Å². The first-order valence-electron chi connectivity index (χ1n) is 5.16. The highest BCUT2D eigenvalue weighted by atomic mass is 16.3. The average Bonchev–Trinajstić information content (AvgIpc) is 2.81. The summed E-state index contributed by atoms with van der Waals surface area (Å²) in [6, 6.07) is 11.5. The Kier molecular flexibility index (Phi) is 3.38. The normalized spacial score (nSPS) is 10.0. The molecule has 1 N–H and O–H groups in total. The lowest BCUT2D eigenvalue weighted by Gasteiger charge is -2.03. The highest BCUT2D eigenvalue weighted by molar-refractivity contribution is 5.78. The van der Waals surface area contributed by atoms with Crippen LogP contribution in [0.2, 0.25) is 0 Å². The highest BCUT2D eigenvalue weighted by Gasteiger charge is 2.02. The van der Waals surface area contributed by atoms with E-state index in [1.54, 1.807) is 12.5 Å². The summed E-state index contributed by atoms with van der Waals surface area (Å²) in [6.07, 6.45) is 3.64. The Labute approximate surface area is 94.1 Å². The molecule has 0 spiro atoms. The third kappa shape index (κ3) is 2.98. The van der Waals surface area contributed by atoms with Crippen LogP contribution in [0, 0.1) is 0 Å². The molecular weight excluding hydrogens is 202 g/mol. The summed E-state index contributed by atoms with van der Waals surface area (Å²) >= 11 is 0. The molecule has 0 atom stereocenters. The Balaban J connectivity index is 1.81. The second kappa shape index (κ2) is 5.16. The van der Waals surface area contributed by atoms with Crippen molar-refractivity contribution in [2.75, 3.05) is 0 Å². The van der Waals surface area contributed by atoms with Gasteiger partial charge in [-0.25, -0.2) is 0 Å². The second-order valence-corrected chi connectivity index (χ2v) is 3.57.